The molecule has 0 radical (unpaired) electrons. The average molecular weight is 599 g/mol. The fourth-order valence-electron chi connectivity index (χ4n) is 6.17. The number of benzene rings is 1. The van der Waals surface area contributed by atoms with Crippen LogP contribution >= 0.6 is 0 Å². The molecule has 236 valence electrons. The number of epoxide rings is 2. The van der Waals surface area contributed by atoms with Crippen LogP contribution in [0.1, 0.15) is 72.3 Å². The lowest BCUT2D eigenvalue weighted by Gasteiger charge is -2.43. The minimum Gasteiger partial charge on any atom is -0.379 e. The summed E-state index contributed by atoms with van der Waals surface area (Å²) in [6, 6.07) is 5.88. The van der Waals surface area contributed by atoms with Crippen LogP contribution in [0.5, 0.6) is 0 Å². The number of nitrogens with one attached hydrogen (secondary N) is 4. The van der Waals surface area contributed by atoms with E-state index in [0.29, 0.717) is 18.8 Å². The Balaban J connectivity index is 1.26. The Morgan fingerprint density at radius 3 is 2.42 bits per heavy atom. The molecule has 2 heterocycles. The number of Topliss-reactive ketones (excluding diaryl/α,β-unsaturated/α-hetero) is 1. The van der Waals surface area contributed by atoms with Gasteiger partial charge in [-0.15, -0.1) is 0 Å². The number of carbonyl (C=O) groups is 4. The van der Waals surface area contributed by atoms with Crippen LogP contribution in [0.3, 0.4) is 0 Å². The number of carbonyl (C=O) groups excluding carboxylic acids is 4. The molecule has 1 unspecified atom stereocenters. The summed E-state index contributed by atoms with van der Waals surface area (Å²) in [4.78, 5) is 48.3. The van der Waals surface area contributed by atoms with E-state index in [1.54, 1.807) is 26.2 Å². The smallest absolute Gasteiger partial charge is 0.315 e. The van der Waals surface area contributed by atoms with Gasteiger partial charge in [-0.05, 0) is 71.6 Å². The first kappa shape index (κ1) is 32.6. The van der Waals surface area contributed by atoms with Gasteiger partial charge in [-0.2, -0.15) is 0 Å². The molecule has 3 aliphatic rings. The van der Waals surface area contributed by atoms with Crippen molar-refractivity contribution in [2.75, 3.05) is 19.0 Å². The Hall–Kier alpha value is -3.28. The molecular formula is C32H46N4O7. The van der Waals surface area contributed by atoms with Crippen LogP contribution in [-0.2, 0) is 35.1 Å². The second kappa shape index (κ2) is 13.6. The van der Waals surface area contributed by atoms with Crippen LogP contribution in [0.15, 0.2) is 35.9 Å². The summed E-state index contributed by atoms with van der Waals surface area (Å²) in [5, 5.41) is 11.4. The topological polar surface area (TPSA) is 151 Å². The van der Waals surface area contributed by atoms with Gasteiger partial charge in [0.05, 0.1) is 30.5 Å². The van der Waals surface area contributed by atoms with E-state index in [4.69, 9.17) is 14.2 Å². The fourth-order valence-corrected chi connectivity index (χ4v) is 6.17. The van der Waals surface area contributed by atoms with Gasteiger partial charge in [0.25, 0.3) is 0 Å². The van der Waals surface area contributed by atoms with Gasteiger partial charge in [0.1, 0.15) is 17.4 Å². The van der Waals surface area contributed by atoms with Crippen LogP contribution in [0.4, 0.5) is 10.5 Å². The number of allylic oxidation sites excluding steroid dienone is 1. The quantitative estimate of drug-likeness (QED) is 0.201. The van der Waals surface area contributed by atoms with Crippen molar-refractivity contribution >= 4 is 29.3 Å². The van der Waals surface area contributed by atoms with Gasteiger partial charge in [0.15, 0.2) is 0 Å². The SMILES string of the molecule is CO[C@H]1[C@H](C2(C)O[C@@H]2CC=C(C)C)[C@]2(CC[C@H]1NC(=O)NCc1ccc(NC(=O)[C@H](C)NC(=O)CCC(C)=O)cc1)CO2. The van der Waals surface area contributed by atoms with Crippen molar-refractivity contribution in [2.45, 2.75) is 109 Å². The molecule has 11 nitrogen and oxygen atoms in total. The number of ketones is 1. The molecule has 4 amide bonds. The van der Waals surface area contributed by atoms with Crippen molar-refractivity contribution in [1.82, 2.24) is 16.0 Å². The van der Waals surface area contributed by atoms with Gasteiger partial charge in [-0.1, -0.05) is 23.8 Å². The zero-order chi connectivity index (χ0) is 31.4. The highest BCUT2D eigenvalue weighted by Crippen LogP contribution is 2.59. The number of amides is 4. The number of rotatable bonds is 13. The first-order chi connectivity index (χ1) is 20.4. The van der Waals surface area contributed by atoms with Crippen LogP contribution in [0.2, 0.25) is 0 Å². The Morgan fingerprint density at radius 1 is 1.12 bits per heavy atom. The molecule has 4 rings (SSSR count). The molecule has 11 heteroatoms. The van der Waals surface area contributed by atoms with E-state index in [0.717, 1.165) is 24.8 Å². The molecule has 4 N–H and O–H groups in total. The predicted octanol–water partition coefficient (Wildman–Crippen LogP) is 3.37. The van der Waals surface area contributed by atoms with Crippen molar-refractivity contribution in [3.63, 3.8) is 0 Å². The van der Waals surface area contributed by atoms with Crippen LogP contribution in [-0.4, -0.2) is 72.8 Å². The van der Waals surface area contributed by atoms with Crippen molar-refractivity contribution in [3.8, 4) is 0 Å². The number of anilines is 1. The van der Waals surface area contributed by atoms with Gasteiger partial charge in [-0.25, -0.2) is 4.79 Å². The predicted molar refractivity (Wildman–Crippen MR) is 161 cm³/mol. The zero-order valence-corrected chi connectivity index (χ0v) is 26.1. The van der Waals surface area contributed by atoms with Gasteiger partial charge in [0.2, 0.25) is 11.8 Å². The summed E-state index contributed by atoms with van der Waals surface area (Å²) >= 11 is 0. The van der Waals surface area contributed by atoms with Gasteiger partial charge in [-0.3, -0.25) is 9.59 Å². The summed E-state index contributed by atoms with van der Waals surface area (Å²) < 4.78 is 18.3. The molecular weight excluding hydrogens is 552 g/mol. The molecule has 1 spiro atoms. The first-order valence-corrected chi connectivity index (χ1v) is 15.1. The molecule has 1 aliphatic carbocycles. The minimum absolute atomic E-state index is 0.0129. The number of ether oxygens (including phenoxy) is 3. The maximum atomic E-state index is 12.9. The van der Waals surface area contributed by atoms with E-state index in [2.05, 4.69) is 48.1 Å². The van der Waals surface area contributed by atoms with E-state index >= 15 is 0 Å². The zero-order valence-electron chi connectivity index (χ0n) is 26.1. The van der Waals surface area contributed by atoms with Gasteiger partial charge >= 0.3 is 6.03 Å². The van der Waals surface area contributed by atoms with E-state index in [1.165, 1.54) is 12.5 Å². The van der Waals surface area contributed by atoms with Crippen LogP contribution in [0.25, 0.3) is 0 Å². The lowest BCUT2D eigenvalue weighted by atomic mass is 9.67. The van der Waals surface area contributed by atoms with E-state index in [-0.39, 0.29) is 71.8 Å². The summed E-state index contributed by atoms with van der Waals surface area (Å²) in [5.74, 6) is -0.784. The summed E-state index contributed by atoms with van der Waals surface area (Å²) in [6.45, 7) is 10.3. The maximum Gasteiger partial charge on any atom is 0.315 e. The summed E-state index contributed by atoms with van der Waals surface area (Å²) in [5.41, 5.74) is 2.07. The molecule has 0 aromatic heterocycles. The largest absolute Gasteiger partial charge is 0.379 e. The average Bonchev–Trinajstić information content (AvgIpc) is 3.88. The summed E-state index contributed by atoms with van der Waals surface area (Å²) in [7, 11) is 1.69. The van der Waals surface area contributed by atoms with E-state index < -0.39 is 6.04 Å². The van der Waals surface area contributed by atoms with Gasteiger partial charge in [0, 0.05) is 38.1 Å². The molecule has 0 bridgehead atoms. The van der Waals surface area contributed by atoms with Crippen LogP contribution in [0, 0.1) is 5.92 Å². The normalized spacial score (nSPS) is 29.6. The highest BCUT2D eigenvalue weighted by Gasteiger charge is 2.71. The third kappa shape index (κ3) is 8.21. The maximum absolute atomic E-state index is 12.9. The molecule has 3 fully saturated rings. The standard InChI is InChI=1S/C32H46N4O7/c1-19(2)7-13-25-31(5,43-25)28-27(41-6)24(15-16-32(28)18-42-32)36-30(40)33-17-22-9-11-23(12-10-22)35-29(39)21(4)34-26(38)14-8-20(3)37/h7,9-12,21,24-25,27-28H,8,13-18H2,1-6H3,(H,34,38)(H,35,39)(H2,33,36,40)/t21-,24+,25+,27+,28+,31?,32-/m0/s1. The van der Waals surface area contributed by atoms with Crippen molar-refractivity contribution in [2.24, 2.45) is 5.92 Å². The second-order valence-electron chi connectivity index (χ2n) is 12.5. The Kier molecular flexibility index (Phi) is 10.3. The molecule has 43 heavy (non-hydrogen) atoms. The lowest BCUT2D eigenvalue weighted by Crippen LogP contribution is -2.60. The van der Waals surface area contributed by atoms with Crippen molar-refractivity contribution in [3.05, 3.63) is 41.5 Å². The minimum atomic E-state index is -0.751. The lowest BCUT2D eigenvalue weighted by molar-refractivity contribution is -0.127. The highest BCUT2D eigenvalue weighted by atomic mass is 16.6. The van der Waals surface area contributed by atoms with Crippen molar-refractivity contribution in [1.29, 1.82) is 0 Å². The third-order valence-electron chi connectivity index (χ3n) is 8.76. The Bertz CT molecular complexity index is 1220. The Labute approximate surface area is 253 Å². The van der Waals surface area contributed by atoms with Gasteiger partial charge < -0.3 is 40.3 Å². The molecule has 7 atom stereocenters. The number of urea groups is 1. The van der Waals surface area contributed by atoms with Crippen molar-refractivity contribution < 1.29 is 33.4 Å². The summed E-state index contributed by atoms with van der Waals surface area (Å²) in [6.07, 6.45) is 4.69. The van der Waals surface area contributed by atoms with E-state index in [1.807, 2.05) is 12.1 Å². The third-order valence-corrected chi connectivity index (χ3v) is 8.76. The molecule has 2 aliphatic heterocycles. The highest BCUT2D eigenvalue weighted by molar-refractivity contribution is 5.97. The number of hydrogen-bond donors (Lipinski definition) is 4. The molecule has 1 aromatic rings. The molecule has 1 saturated carbocycles. The van der Waals surface area contributed by atoms with Crippen LogP contribution < -0.4 is 21.3 Å². The second-order valence-corrected chi connectivity index (χ2v) is 12.5. The number of hydrogen-bond acceptors (Lipinski definition) is 7. The monoisotopic (exact) mass is 598 g/mol. The van der Waals surface area contributed by atoms with E-state index in [9.17, 15) is 19.2 Å². The Morgan fingerprint density at radius 2 is 1.81 bits per heavy atom. The first-order valence-electron chi connectivity index (χ1n) is 15.1. The molecule has 2 saturated heterocycles. The molecule has 1 aromatic carbocycles. The fraction of sp³-hybridized carbons (Fsp3) is 0.625. The number of methoxy groups -OCH3 is 1.